The summed E-state index contributed by atoms with van der Waals surface area (Å²) in [6.07, 6.45) is 0. The first-order chi connectivity index (χ1) is 29.0. The minimum atomic E-state index is -0.125. The molecule has 0 N–H and O–H groups in total. The van der Waals surface area contributed by atoms with Gasteiger partial charge in [-0.25, -0.2) is 15.0 Å². The molecule has 11 rings (SSSR count). The Labute approximate surface area is 344 Å². The maximum atomic E-state index is 5.26. The molecule has 0 saturated carbocycles. The molecule has 1 aromatic heterocycles. The molecule has 0 spiro atoms. The van der Waals surface area contributed by atoms with Crippen LogP contribution in [0.25, 0.3) is 100 Å². The van der Waals surface area contributed by atoms with Gasteiger partial charge in [-0.2, -0.15) is 0 Å². The van der Waals surface area contributed by atoms with Gasteiger partial charge in [-0.1, -0.05) is 178 Å². The Morgan fingerprint density at radius 2 is 0.763 bits per heavy atom. The van der Waals surface area contributed by atoms with Crippen molar-refractivity contribution in [3.8, 4) is 78.7 Å². The summed E-state index contributed by atoms with van der Waals surface area (Å²) in [6.45, 7) is 4.71. The Balaban J connectivity index is 1.05. The lowest BCUT2D eigenvalue weighted by molar-refractivity contribution is 0.661. The van der Waals surface area contributed by atoms with Crippen LogP contribution in [-0.4, -0.2) is 15.0 Å². The van der Waals surface area contributed by atoms with Gasteiger partial charge in [0.25, 0.3) is 0 Å². The van der Waals surface area contributed by atoms with Gasteiger partial charge in [-0.05, 0) is 114 Å². The highest BCUT2D eigenvalue weighted by atomic mass is 15.0. The maximum absolute atomic E-state index is 5.26. The number of rotatable bonds is 6. The van der Waals surface area contributed by atoms with Gasteiger partial charge in [0.2, 0.25) is 0 Å². The standard InChI is InChI=1S/C56H39N3/c1-56(2)51-35-44(28-29-47(51)50-33-41-18-9-10-19-42(41)34-52(50)56)43-27-26-38-20-13-25-48(49(38)32-43)55-58-53(45-23-11-21-39(30-45)36-14-5-3-6-15-36)57-54(59-55)46-24-12-22-40(31-46)37-16-7-4-8-17-37/h3-35H,1-2H3. The molecule has 1 aliphatic rings. The van der Waals surface area contributed by atoms with Crippen molar-refractivity contribution in [1.82, 2.24) is 15.0 Å². The lowest BCUT2D eigenvalue weighted by Gasteiger charge is -2.22. The van der Waals surface area contributed by atoms with Gasteiger partial charge in [-0.3, -0.25) is 0 Å². The first-order valence-electron chi connectivity index (χ1n) is 20.3. The Morgan fingerprint density at radius 1 is 0.288 bits per heavy atom. The van der Waals surface area contributed by atoms with Crippen molar-refractivity contribution in [2.75, 3.05) is 0 Å². The normalized spacial score (nSPS) is 12.7. The van der Waals surface area contributed by atoms with Crippen LogP contribution in [0, 0.1) is 0 Å². The van der Waals surface area contributed by atoms with E-state index in [0.29, 0.717) is 17.5 Å². The zero-order chi connectivity index (χ0) is 39.5. The minimum absolute atomic E-state index is 0.125. The zero-order valence-corrected chi connectivity index (χ0v) is 32.9. The van der Waals surface area contributed by atoms with E-state index < -0.39 is 0 Å². The number of hydrogen-bond donors (Lipinski definition) is 0. The van der Waals surface area contributed by atoms with E-state index in [-0.39, 0.29) is 5.41 Å². The summed E-state index contributed by atoms with van der Waals surface area (Å²) < 4.78 is 0. The Bertz CT molecular complexity index is 3140. The van der Waals surface area contributed by atoms with Crippen LogP contribution in [0.15, 0.2) is 200 Å². The summed E-state index contributed by atoms with van der Waals surface area (Å²) in [5.74, 6) is 1.91. The second kappa shape index (κ2) is 13.9. The maximum Gasteiger partial charge on any atom is 0.164 e. The molecular weight excluding hydrogens is 715 g/mol. The summed E-state index contributed by atoms with van der Waals surface area (Å²) >= 11 is 0. The van der Waals surface area contributed by atoms with Gasteiger partial charge in [0.15, 0.2) is 17.5 Å². The van der Waals surface area contributed by atoms with Gasteiger partial charge in [0.05, 0.1) is 0 Å². The average molecular weight is 754 g/mol. The Kier molecular flexibility index (Phi) is 8.16. The monoisotopic (exact) mass is 753 g/mol. The third-order valence-electron chi connectivity index (χ3n) is 12.1. The van der Waals surface area contributed by atoms with Gasteiger partial charge < -0.3 is 0 Å². The molecule has 0 amide bonds. The predicted octanol–water partition coefficient (Wildman–Crippen LogP) is 14.5. The topological polar surface area (TPSA) is 38.7 Å². The molecule has 0 atom stereocenters. The second-order valence-electron chi connectivity index (χ2n) is 16.1. The minimum Gasteiger partial charge on any atom is -0.208 e. The molecule has 0 saturated heterocycles. The highest BCUT2D eigenvalue weighted by molar-refractivity contribution is 5.99. The predicted molar refractivity (Wildman–Crippen MR) is 245 cm³/mol. The molecule has 0 bridgehead atoms. The summed E-state index contributed by atoms with van der Waals surface area (Å²) in [5.41, 5.74) is 15.0. The van der Waals surface area contributed by atoms with Crippen LogP contribution in [0.2, 0.25) is 0 Å². The quantitative estimate of drug-likeness (QED) is 0.170. The molecule has 0 fully saturated rings. The van der Waals surface area contributed by atoms with Crippen molar-refractivity contribution in [3.05, 3.63) is 211 Å². The second-order valence-corrected chi connectivity index (χ2v) is 16.1. The van der Waals surface area contributed by atoms with Gasteiger partial charge in [0, 0.05) is 22.1 Å². The Hall–Kier alpha value is -7.49. The molecule has 0 radical (unpaired) electrons. The van der Waals surface area contributed by atoms with E-state index in [1.54, 1.807) is 0 Å². The van der Waals surface area contributed by atoms with Crippen LogP contribution in [0.5, 0.6) is 0 Å². The van der Waals surface area contributed by atoms with E-state index in [1.807, 2.05) is 12.1 Å². The van der Waals surface area contributed by atoms with Crippen LogP contribution in [-0.2, 0) is 5.41 Å². The van der Waals surface area contributed by atoms with Crippen molar-refractivity contribution in [2.45, 2.75) is 19.3 Å². The van der Waals surface area contributed by atoms with Crippen LogP contribution in [0.3, 0.4) is 0 Å². The lowest BCUT2D eigenvalue weighted by atomic mass is 9.81. The van der Waals surface area contributed by atoms with E-state index in [1.165, 1.54) is 38.6 Å². The molecule has 9 aromatic carbocycles. The third kappa shape index (κ3) is 6.11. The van der Waals surface area contributed by atoms with Crippen LogP contribution >= 0.6 is 0 Å². The molecule has 10 aromatic rings. The van der Waals surface area contributed by atoms with Gasteiger partial charge in [0.1, 0.15) is 0 Å². The molecule has 278 valence electrons. The molecular formula is C56H39N3. The third-order valence-corrected chi connectivity index (χ3v) is 12.1. The SMILES string of the molecule is CC1(C)c2cc(-c3ccc4cccc(-c5nc(-c6cccc(-c7ccccc7)c6)nc(-c6cccc(-c7ccccc7)c6)n5)c4c3)ccc2-c2cc3ccccc3cc21. The van der Waals surface area contributed by atoms with Gasteiger partial charge >= 0.3 is 0 Å². The number of hydrogen-bond acceptors (Lipinski definition) is 3. The number of fused-ring (bicyclic) bond motifs is 5. The number of aromatic nitrogens is 3. The fourth-order valence-corrected chi connectivity index (χ4v) is 8.94. The zero-order valence-electron chi connectivity index (χ0n) is 32.9. The van der Waals surface area contributed by atoms with E-state index in [4.69, 9.17) is 15.0 Å². The van der Waals surface area contributed by atoms with Crippen molar-refractivity contribution in [2.24, 2.45) is 0 Å². The first kappa shape index (κ1) is 34.7. The van der Waals surface area contributed by atoms with Gasteiger partial charge in [-0.15, -0.1) is 0 Å². The smallest absolute Gasteiger partial charge is 0.164 e. The first-order valence-corrected chi connectivity index (χ1v) is 20.3. The summed E-state index contributed by atoms with van der Waals surface area (Å²) in [7, 11) is 0. The molecule has 59 heavy (non-hydrogen) atoms. The van der Waals surface area contributed by atoms with Crippen LogP contribution in [0.4, 0.5) is 0 Å². The number of benzene rings is 9. The molecule has 3 nitrogen and oxygen atoms in total. The van der Waals surface area contributed by atoms with Crippen LogP contribution < -0.4 is 0 Å². The molecule has 0 unspecified atom stereocenters. The summed E-state index contributed by atoms with van der Waals surface area (Å²) in [5, 5.41) is 4.79. The highest BCUT2D eigenvalue weighted by Gasteiger charge is 2.36. The molecule has 0 aliphatic heterocycles. The highest BCUT2D eigenvalue weighted by Crippen LogP contribution is 2.51. The largest absolute Gasteiger partial charge is 0.208 e. The molecule has 1 aliphatic carbocycles. The van der Waals surface area contributed by atoms with Crippen molar-refractivity contribution in [3.63, 3.8) is 0 Å². The van der Waals surface area contributed by atoms with E-state index >= 15 is 0 Å². The Morgan fingerprint density at radius 3 is 1.42 bits per heavy atom. The van der Waals surface area contributed by atoms with E-state index in [2.05, 4.69) is 202 Å². The average Bonchev–Trinajstić information content (AvgIpc) is 3.52. The van der Waals surface area contributed by atoms with Crippen LogP contribution in [0.1, 0.15) is 25.0 Å². The summed E-state index contributed by atoms with van der Waals surface area (Å²) in [4.78, 5) is 15.7. The van der Waals surface area contributed by atoms with E-state index in [0.717, 1.165) is 55.3 Å². The van der Waals surface area contributed by atoms with Crippen molar-refractivity contribution >= 4 is 21.5 Å². The van der Waals surface area contributed by atoms with E-state index in [9.17, 15) is 0 Å². The van der Waals surface area contributed by atoms with Crippen molar-refractivity contribution < 1.29 is 0 Å². The fourth-order valence-electron chi connectivity index (χ4n) is 8.94. The van der Waals surface area contributed by atoms with Crippen molar-refractivity contribution in [1.29, 1.82) is 0 Å². The molecule has 3 heteroatoms. The lowest BCUT2D eigenvalue weighted by Crippen LogP contribution is -2.15. The number of nitrogens with zero attached hydrogens (tertiary/aromatic N) is 3. The summed E-state index contributed by atoms with van der Waals surface area (Å²) in [6, 6.07) is 71.5. The fraction of sp³-hybridized carbons (Fsp3) is 0.0536. The molecule has 1 heterocycles.